The number of carbonyl (C=O) groups is 1. The molecule has 3 heterocycles. The van der Waals surface area contributed by atoms with Crippen molar-refractivity contribution in [1.82, 2.24) is 25.2 Å². The largest absolute Gasteiger partial charge is 0.360 e. The zero-order chi connectivity index (χ0) is 20.2. The Labute approximate surface area is 172 Å². The Kier molecular flexibility index (Phi) is 5.39. The minimum atomic E-state index is -0.265. The summed E-state index contributed by atoms with van der Waals surface area (Å²) in [6, 6.07) is 11.1. The van der Waals surface area contributed by atoms with Crippen molar-refractivity contribution in [2.24, 2.45) is 0 Å². The van der Waals surface area contributed by atoms with Crippen molar-refractivity contribution in [2.45, 2.75) is 13.5 Å². The number of carbonyl (C=O) groups excluding carboxylic acids is 1. The first kappa shape index (κ1) is 18.9. The summed E-state index contributed by atoms with van der Waals surface area (Å²) in [5.41, 5.74) is 3.44. The maximum atomic E-state index is 12.8. The van der Waals surface area contributed by atoms with Gasteiger partial charge in [-0.05, 0) is 19.1 Å². The number of rotatable bonds is 6. The number of nitrogens with one attached hydrogen (secondary N) is 1. The second kappa shape index (κ2) is 8.28. The van der Waals surface area contributed by atoms with E-state index in [1.807, 2.05) is 30.5 Å². The van der Waals surface area contributed by atoms with Crippen LogP contribution in [0.3, 0.4) is 0 Å². The molecule has 0 radical (unpaired) electrons. The van der Waals surface area contributed by atoms with Crippen LogP contribution in [0.15, 0.2) is 65.7 Å². The molecule has 4 rings (SSSR count). The Morgan fingerprint density at radius 1 is 1.17 bits per heavy atom. The first-order valence-corrected chi connectivity index (χ1v) is 9.43. The third-order valence-corrected chi connectivity index (χ3v) is 4.80. The van der Waals surface area contributed by atoms with Crippen molar-refractivity contribution >= 4 is 17.5 Å². The average molecular weight is 408 g/mol. The predicted molar refractivity (Wildman–Crippen MR) is 109 cm³/mol. The van der Waals surface area contributed by atoms with E-state index in [1.165, 1.54) is 0 Å². The molecule has 0 spiro atoms. The lowest BCUT2D eigenvalue weighted by molar-refractivity contribution is 0.0951. The highest BCUT2D eigenvalue weighted by atomic mass is 35.5. The van der Waals surface area contributed by atoms with Crippen LogP contribution in [-0.4, -0.2) is 32.4 Å². The fourth-order valence-electron chi connectivity index (χ4n) is 3.02. The van der Waals surface area contributed by atoms with E-state index in [2.05, 4.69) is 20.6 Å². The maximum absolute atomic E-state index is 12.8. The van der Waals surface area contributed by atoms with Gasteiger partial charge < -0.3 is 9.84 Å². The lowest BCUT2D eigenvalue weighted by Gasteiger charge is -2.07. The van der Waals surface area contributed by atoms with Gasteiger partial charge in [-0.2, -0.15) is 5.10 Å². The van der Waals surface area contributed by atoms with E-state index in [1.54, 1.807) is 42.3 Å². The van der Waals surface area contributed by atoms with E-state index >= 15 is 0 Å². The number of benzene rings is 1. The molecule has 4 aromatic rings. The van der Waals surface area contributed by atoms with Gasteiger partial charge in [0.05, 0.1) is 17.8 Å². The summed E-state index contributed by atoms with van der Waals surface area (Å²) in [6.07, 6.45) is 7.21. The molecule has 29 heavy (non-hydrogen) atoms. The van der Waals surface area contributed by atoms with Crippen LogP contribution in [0.1, 0.15) is 16.1 Å². The van der Waals surface area contributed by atoms with Crippen molar-refractivity contribution in [3.05, 3.63) is 77.5 Å². The molecule has 0 bridgehead atoms. The Bertz CT molecular complexity index is 1140. The van der Waals surface area contributed by atoms with Gasteiger partial charge in [0.1, 0.15) is 17.0 Å². The van der Waals surface area contributed by atoms with Crippen molar-refractivity contribution in [2.75, 3.05) is 6.54 Å². The fraction of sp³-hybridized carbons (Fsp3) is 0.143. The molecule has 0 aliphatic rings. The maximum Gasteiger partial charge on any atom is 0.257 e. The molecule has 1 amide bonds. The quantitative estimate of drug-likeness (QED) is 0.522. The third-order valence-electron chi connectivity index (χ3n) is 4.47. The normalized spacial score (nSPS) is 10.8. The van der Waals surface area contributed by atoms with Gasteiger partial charge in [0.25, 0.3) is 5.91 Å². The number of aromatic nitrogens is 4. The topological polar surface area (TPSA) is 85.8 Å². The van der Waals surface area contributed by atoms with Crippen LogP contribution < -0.4 is 5.32 Å². The van der Waals surface area contributed by atoms with Gasteiger partial charge in [0.15, 0.2) is 0 Å². The second-order valence-electron chi connectivity index (χ2n) is 6.43. The van der Waals surface area contributed by atoms with E-state index in [0.29, 0.717) is 40.7 Å². The van der Waals surface area contributed by atoms with Crippen LogP contribution in [0, 0.1) is 6.92 Å². The Hall–Kier alpha value is -3.45. The molecule has 1 N–H and O–H groups in total. The van der Waals surface area contributed by atoms with Crippen LogP contribution in [0.2, 0.25) is 5.02 Å². The molecule has 7 nitrogen and oxygen atoms in total. The summed E-state index contributed by atoms with van der Waals surface area (Å²) in [4.78, 5) is 16.9. The van der Waals surface area contributed by atoms with E-state index in [-0.39, 0.29) is 5.91 Å². The molecule has 8 heteroatoms. The minimum Gasteiger partial charge on any atom is -0.360 e. The molecule has 3 aromatic heterocycles. The first-order chi connectivity index (χ1) is 14.1. The molecule has 0 saturated heterocycles. The highest BCUT2D eigenvalue weighted by Crippen LogP contribution is 2.30. The van der Waals surface area contributed by atoms with Gasteiger partial charge in [0.2, 0.25) is 0 Å². The van der Waals surface area contributed by atoms with E-state index in [0.717, 1.165) is 11.1 Å². The minimum absolute atomic E-state index is 0.265. The van der Waals surface area contributed by atoms with Gasteiger partial charge in [-0.3, -0.25) is 14.5 Å². The van der Waals surface area contributed by atoms with Crippen LogP contribution in [0.25, 0.3) is 22.4 Å². The predicted octanol–water partition coefficient (Wildman–Crippen LogP) is 3.99. The van der Waals surface area contributed by atoms with E-state index < -0.39 is 0 Å². The third kappa shape index (κ3) is 4.05. The van der Waals surface area contributed by atoms with Crippen LogP contribution in [-0.2, 0) is 6.54 Å². The Morgan fingerprint density at radius 3 is 2.83 bits per heavy atom. The summed E-state index contributed by atoms with van der Waals surface area (Å²) in [5, 5.41) is 11.8. The number of halogens is 1. The van der Waals surface area contributed by atoms with Gasteiger partial charge in [-0.15, -0.1) is 0 Å². The standard InChI is InChI=1S/C21H18ClN5O2/c1-14-19(20(26-29-14)17-6-2-3-7-18(17)22)21(28)24-9-10-27-13-16(12-25-27)15-5-4-8-23-11-15/h2-8,11-13H,9-10H2,1H3,(H,24,28). The Morgan fingerprint density at radius 2 is 2.03 bits per heavy atom. The monoisotopic (exact) mass is 407 g/mol. The van der Waals surface area contributed by atoms with Crippen molar-refractivity contribution < 1.29 is 9.32 Å². The number of hydrogen-bond acceptors (Lipinski definition) is 5. The highest BCUT2D eigenvalue weighted by molar-refractivity contribution is 6.33. The second-order valence-corrected chi connectivity index (χ2v) is 6.84. The molecule has 0 aliphatic heterocycles. The highest BCUT2D eigenvalue weighted by Gasteiger charge is 2.22. The van der Waals surface area contributed by atoms with Gasteiger partial charge >= 0.3 is 0 Å². The zero-order valence-electron chi connectivity index (χ0n) is 15.7. The lowest BCUT2D eigenvalue weighted by Crippen LogP contribution is -2.28. The van der Waals surface area contributed by atoms with Crippen molar-refractivity contribution in [1.29, 1.82) is 0 Å². The molecule has 0 aliphatic carbocycles. The van der Waals surface area contributed by atoms with Gasteiger partial charge in [-0.1, -0.05) is 41.0 Å². The fourth-order valence-corrected chi connectivity index (χ4v) is 3.24. The number of hydrogen-bond donors (Lipinski definition) is 1. The molecule has 0 saturated carbocycles. The summed E-state index contributed by atoms with van der Waals surface area (Å²) in [7, 11) is 0. The van der Waals surface area contributed by atoms with Crippen molar-refractivity contribution in [3.8, 4) is 22.4 Å². The molecule has 1 aromatic carbocycles. The summed E-state index contributed by atoms with van der Waals surface area (Å²) < 4.78 is 7.03. The molecular formula is C21H18ClN5O2. The average Bonchev–Trinajstić information content (AvgIpc) is 3.36. The number of nitrogens with zero attached hydrogens (tertiary/aromatic N) is 4. The molecule has 0 fully saturated rings. The molecular weight excluding hydrogens is 390 g/mol. The summed E-state index contributed by atoms with van der Waals surface area (Å²) >= 11 is 6.25. The SMILES string of the molecule is Cc1onc(-c2ccccc2Cl)c1C(=O)NCCn1cc(-c2cccnc2)cn1. The van der Waals surface area contributed by atoms with Crippen molar-refractivity contribution in [3.63, 3.8) is 0 Å². The molecule has 146 valence electrons. The number of pyridine rings is 1. The molecule has 0 atom stereocenters. The lowest BCUT2D eigenvalue weighted by atomic mass is 10.1. The van der Waals surface area contributed by atoms with E-state index in [4.69, 9.17) is 16.1 Å². The van der Waals surface area contributed by atoms with Crippen LogP contribution >= 0.6 is 11.6 Å². The number of amides is 1. The Balaban J connectivity index is 1.43. The van der Waals surface area contributed by atoms with Gasteiger partial charge in [0, 0.05) is 41.8 Å². The molecule has 0 unspecified atom stereocenters. The summed E-state index contributed by atoms with van der Waals surface area (Å²) in [6.45, 7) is 2.63. The van der Waals surface area contributed by atoms with Crippen LogP contribution in [0.5, 0.6) is 0 Å². The smallest absolute Gasteiger partial charge is 0.257 e. The zero-order valence-corrected chi connectivity index (χ0v) is 16.4. The summed E-state index contributed by atoms with van der Waals surface area (Å²) in [5.74, 6) is 0.175. The van der Waals surface area contributed by atoms with E-state index in [9.17, 15) is 4.79 Å². The first-order valence-electron chi connectivity index (χ1n) is 9.05. The van der Waals surface area contributed by atoms with Gasteiger partial charge in [-0.25, -0.2) is 0 Å². The number of aryl methyl sites for hydroxylation is 1. The van der Waals surface area contributed by atoms with Crippen LogP contribution in [0.4, 0.5) is 0 Å².